The van der Waals surface area contributed by atoms with Crippen molar-refractivity contribution in [2.75, 3.05) is 13.6 Å². The molecule has 0 heterocycles. The Morgan fingerprint density at radius 1 is 1.04 bits per heavy atom. The van der Waals surface area contributed by atoms with Gasteiger partial charge >= 0.3 is 0 Å². The summed E-state index contributed by atoms with van der Waals surface area (Å²) in [6, 6.07) is 11.7. The molecule has 2 atom stereocenters. The summed E-state index contributed by atoms with van der Waals surface area (Å²) in [5.74, 6) is -0.790. The predicted molar refractivity (Wildman–Crippen MR) is 104 cm³/mol. The van der Waals surface area contributed by atoms with Crippen LogP contribution in [0, 0.1) is 19.7 Å². The fourth-order valence-electron chi connectivity index (χ4n) is 2.90. The topological polar surface area (TPSA) is 70.2 Å². The van der Waals surface area contributed by atoms with Crippen LogP contribution in [0.4, 0.5) is 4.39 Å². The molecule has 2 rings (SSSR count). The number of hydrogen-bond acceptors (Lipinski definition) is 3. The van der Waals surface area contributed by atoms with Crippen LogP contribution in [0.25, 0.3) is 0 Å². The van der Waals surface area contributed by atoms with E-state index in [-0.39, 0.29) is 30.2 Å². The van der Waals surface area contributed by atoms with Crippen LogP contribution in [0.5, 0.6) is 0 Å². The summed E-state index contributed by atoms with van der Waals surface area (Å²) in [6.07, 6.45) is 0. The van der Waals surface area contributed by atoms with Gasteiger partial charge in [-0.2, -0.15) is 0 Å². The van der Waals surface area contributed by atoms with Crippen LogP contribution in [0.3, 0.4) is 0 Å². The van der Waals surface area contributed by atoms with Crippen LogP contribution in [-0.4, -0.2) is 25.4 Å². The number of amides is 2. The van der Waals surface area contributed by atoms with Gasteiger partial charge in [0.25, 0.3) is 0 Å². The molecule has 144 valence electrons. The Hall–Kier alpha value is -2.73. The Labute approximate surface area is 159 Å². The quantitative estimate of drug-likeness (QED) is 0.701. The number of likely N-dealkylation sites (N-methyl/N-ethyl adjacent to an activating group) is 1. The second kappa shape index (κ2) is 9.28. The minimum Gasteiger partial charge on any atom is -0.357 e. The third-order valence-corrected chi connectivity index (χ3v) is 4.47. The zero-order valence-corrected chi connectivity index (χ0v) is 16.1. The van der Waals surface area contributed by atoms with E-state index < -0.39 is 6.04 Å². The van der Waals surface area contributed by atoms with Gasteiger partial charge in [0.15, 0.2) is 0 Å². The number of carbonyl (C=O) groups is 2. The fraction of sp³-hybridized carbons (Fsp3) is 0.333. The zero-order valence-electron chi connectivity index (χ0n) is 16.1. The van der Waals surface area contributed by atoms with Gasteiger partial charge in [-0.3, -0.25) is 9.59 Å². The van der Waals surface area contributed by atoms with Gasteiger partial charge in [-0.1, -0.05) is 42.5 Å². The van der Waals surface area contributed by atoms with Gasteiger partial charge in [-0.25, -0.2) is 4.39 Å². The first kappa shape index (κ1) is 20.6. The predicted octanol–water partition coefficient (Wildman–Crippen LogP) is 2.70. The Balaban J connectivity index is 2.00. The highest BCUT2D eigenvalue weighted by Crippen LogP contribution is 2.20. The summed E-state index contributed by atoms with van der Waals surface area (Å²) in [6.45, 7) is 5.39. The SMILES string of the molecule is CNC(=O)[C@H](NC(=O)CN[C@H](C)c1cc(C)c(F)c(C)c1)c1ccccc1. The Kier molecular flexibility index (Phi) is 7.07. The Bertz CT molecular complexity index is 785. The minimum absolute atomic E-state index is 0.0387. The Morgan fingerprint density at radius 3 is 2.19 bits per heavy atom. The van der Waals surface area contributed by atoms with Crippen molar-refractivity contribution in [1.82, 2.24) is 16.0 Å². The summed E-state index contributed by atoms with van der Waals surface area (Å²) in [4.78, 5) is 24.5. The lowest BCUT2D eigenvalue weighted by Crippen LogP contribution is -2.42. The van der Waals surface area contributed by atoms with E-state index in [1.54, 1.807) is 38.1 Å². The van der Waals surface area contributed by atoms with E-state index >= 15 is 0 Å². The first-order chi connectivity index (χ1) is 12.8. The average molecular weight is 371 g/mol. The van der Waals surface area contributed by atoms with Gasteiger partial charge in [0, 0.05) is 13.1 Å². The van der Waals surface area contributed by atoms with Gasteiger partial charge in [-0.05, 0) is 43.0 Å². The van der Waals surface area contributed by atoms with Gasteiger partial charge in [-0.15, -0.1) is 0 Å². The highest BCUT2D eigenvalue weighted by molar-refractivity contribution is 5.89. The highest BCUT2D eigenvalue weighted by atomic mass is 19.1. The van der Waals surface area contributed by atoms with Crippen LogP contribution < -0.4 is 16.0 Å². The summed E-state index contributed by atoms with van der Waals surface area (Å²) in [7, 11) is 1.53. The average Bonchev–Trinajstić information content (AvgIpc) is 2.68. The van der Waals surface area contributed by atoms with Crippen molar-refractivity contribution >= 4 is 11.8 Å². The van der Waals surface area contributed by atoms with Crippen molar-refractivity contribution in [3.63, 3.8) is 0 Å². The summed E-state index contributed by atoms with van der Waals surface area (Å²) in [5, 5.41) is 8.44. The third kappa shape index (κ3) is 5.37. The van der Waals surface area contributed by atoms with Crippen molar-refractivity contribution in [3.05, 3.63) is 70.5 Å². The van der Waals surface area contributed by atoms with Crippen molar-refractivity contribution in [2.45, 2.75) is 32.9 Å². The van der Waals surface area contributed by atoms with Gasteiger partial charge < -0.3 is 16.0 Å². The van der Waals surface area contributed by atoms with Crippen LogP contribution >= 0.6 is 0 Å². The number of rotatable bonds is 7. The summed E-state index contributed by atoms with van der Waals surface area (Å²) < 4.78 is 13.8. The molecule has 6 heteroatoms. The van der Waals surface area contributed by atoms with E-state index in [4.69, 9.17) is 0 Å². The second-order valence-electron chi connectivity index (χ2n) is 6.60. The number of halogens is 1. The molecule has 0 aliphatic rings. The zero-order chi connectivity index (χ0) is 20.0. The first-order valence-electron chi connectivity index (χ1n) is 8.89. The molecule has 0 saturated carbocycles. The lowest BCUT2D eigenvalue weighted by Gasteiger charge is -2.20. The maximum absolute atomic E-state index is 13.8. The minimum atomic E-state index is -0.754. The fourth-order valence-corrected chi connectivity index (χ4v) is 2.90. The van der Waals surface area contributed by atoms with Crippen molar-refractivity contribution < 1.29 is 14.0 Å². The standard InChI is InChI=1S/C21H26FN3O2/c1-13-10-17(11-14(2)19(13)22)15(3)24-12-18(26)25-20(21(27)23-4)16-8-6-5-7-9-16/h5-11,15,20,24H,12H2,1-4H3,(H,23,27)(H,25,26)/t15-,20-/m1/s1. The van der Waals surface area contributed by atoms with E-state index in [0.717, 1.165) is 5.56 Å². The summed E-state index contributed by atoms with van der Waals surface area (Å²) in [5.41, 5.74) is 2.77. The molecule has 0 fully saturated rings. The first-order valence-corrected chi connectivity index (χ1v) is 8.89. The molecule has 2 amide bonds. The van der Waals surface area contributed by atoms with E-state index in [1.807, 2.05) is 25.1 Å². The Morgan fingerprint density at radius 2 is 1.63 bits per heavy atom. The number of benzene rings is 2. The van der Waals surface area contributed by atoms with E-state index in [0.29, 0.717) is 16.7 Å². The van der Waals surface area contributed by atoms with Crippen molar-refractivity contribution in [3.8, 4) is 0 Å². The molecule has 27 heavy (non-hydrogen) atoms. The summed E-state index contributed by atoms with van der Waals surface area (Å²) >= 11 is 0. The van der Waals surface area contributed by atoms with Gasteiger partial charge in [0.1, 0.15) is 11.9 Å². The number of nitrogens with one attached hydrogen (secondary N) is 3. The molecule has 0 aliphatic heterocycles. The van der Waals surface area contributed by atoms with E-state index in [1.165, 1.54) is 7.05 Å². The molecule has 0 saturated heterocycles. The van der Waals surface area contributed by atoms with Crippen molar-refractivity contribution in [2.24, 2.45) is 0 Å². The van der Waals surface area contributed by atoms with E-state index in [2.05, 4.69) is 16.0 Å². The third-order valence-electron chi connectivity index (χ3n) is 4.47. The lowest BCUT2D eigenvalue weighted by atomic mass is 10.0. The molecule has 2 aromatic rings. The molecule has 0 unspecified atom stereocenters. The van der Waals surface area contributed by atoms with Crippen LogP contribution in [0.2, 0.25) is 0 Å². The van der Waals surface area contributed by atoms with Crippen LogP contribution in [-0.2, 0) is 9.59 Å². The highest BCUT2D eigenvalue weighted by Gasteiger charge is 2.21. The molecule has 0 radical (unpaired) electrons. The number of aryl methyl sites for hydroxylation is 2. The maximum atomic E-state index is 13.8. The molecule has 2 aromatic carbocycles. The monoisotopic (exact) mass is 371 g/mol. The lowest BCUT2D eigenvalue weighted by molar-refractivity contribution is -0.128. The largest absolute Gasteiger partial charge is 0.357 e. The van der Waals surface area contributed by atoms with Crippen LogP contribution in [0.1, 0.15) is 41.3 Å². The van der Waals surface area contributed by atoms with Gasteiger partial charge in [0.05, 0.1) is 6.54 Å². The maximum Gasteiger partial charge on any atom is 0.246 e. The molecule has 3 N–H and O–H groups in total. The molecule has 5 nitrogen and oxygen atoms in total. The molecule has 0 aliphatic carbocycles. The molecular weight excluding hydrogens is 345 g/mol. The molecule has 0 aromatic heterocycles. The normalized spacial score (nSPS) is 12.9. The van der Waals surface area contributed by atoms with Crippen molar-refractivity contribution in [1.29, 1.82) is 0 Å². The molecule has 0 bridgehead atoms. The molecule has 0 spiro atoms. The van der Waals surface area contributed by atoms with Crippen LogP contribution in [0.15, 0.2) is 42.5 Å². The number of carbonyl (C=O) groups excluding carboxylic acids is 2. The molecular formula is C21H26FN3O2. The number of hydrogen-bond donors (Lipinski definition) is 3. The second-order valence-corrected chi connectivity index (χ2v) is 6.60. The smallest absolute Gasteiger partial charge is 0.246 e. The van der Waals surface area contributed by atoms with E-state index in [9.17, 15) is 14.0 Å². The van der Waals surface area contributed by atoms with Gasteiger partial charge in [0.2, 0.25) is 11.8 Å².